The third kappa shape index (κ3) is 4.02. The molecular formula is C17H20Cl2N2O3. The predicted molar refractivity (Wildman–Crippen MR) is 94.0 cm³/mol. The molecule has 0 saturated heterocycles. The molecule has 24 heavy (non-hydrogen) atoms. The number of amides is 2. The molecule has 1 aliphatic heterocycles. The molecule has 130 valence electrons. The summed E-state index contributed by atoms with van der Waals surface area (Å²) in [6.45, 7) is 5.50. The van der Waals surface area contributed by atoms with Crippen LogP contribution in [0.3, 0.4) is 0 Å². The Bertz CT molecular complexity index is 666. The van der Waals surface area contributed by atoms with E-state index in [0.717, 1.165) is 6.42 Å². The van der Waals surface area contributed by atoms with Crippen molar-refractivity contribution in [3.8, 4) is 0 Å². The van der Waals surface area contributed by atoms with Gasteiger partial charge in [-0.2, -0.15) is 0 Å². The summed E-state index contributed by atoms with van der Waals surface area (Å²) in [5, 5.41) is 6.18. The van der Waals surface area contributed by atoms with E-state index in [1.807, 2.05) is 6.92 Å². The van der Waals surface area contributed by atoms with Crippen LogP contribution in [0.15, 0.2) is 29.5 Å². The number of urea groups is 1. The van der Waals surface area contributed by atoms with Gasteiger partial charge in [-0.1, -0.05) is 42.6 Å². The second-order valence-corrected chi connectivity index (χ2v) is 6.58. The van der Waals surface area contributed by atoms with E-state index in [4.69, 9.17) is 27.9 Å². The molecule has 1 heterocycles. The molecule has 2 N–H and O–H groups in total. The third-order valence-corrected chi connectivity index (χ3v) is 4.16. The molecule has 1 aromatic carbocycles. The van der Waals surface area contributed by atoms with Gasteiger partial charge in [-0.15, -0.1) is 0 Å². The maximum atomic E-state index is 12.6. The predicted octanol–water partition coefficient (Wildman–Crippen LogP) is 4.35. The zero-order chi connectivity index (χ0) is 17.9. The first-order valence-electron chi connectivity index (χ1n) is 7.80. The Morgan fingerprint density at radius 1 is 1.29 bits per heavy atom. The van der Waals surface area contributed by atoms with E-state index in [-0.39, 0.29) is 6.10 Å². The van der Waals surface area contributed by atoms with Crippen molar-refractivity contribution in [3.05, 3.63) is 45.1 Å². The lowest BCUT2D eigenvalue weighted by molar-refractivity contribution is -0.143. The Labute approximate surface area is 151 Å². The number of hydrogen-bond donors (Lipinski definition) is 2. The molecule has 1 unspecified atom stereocenters. The zero-order valence-electron chi connectivity index (χ0n) is 13.8. The lowest BCUT2D eigenvalue weighted by Gasteiger charge is -2.30. The van der Waals surface area contributed by atoms with Crippen LogP contribution < -0.4 is 10.6 Å². The molecule has 0 aromatic heterocycles. The topological polar surface area (TPSA) is 67.4 Å². The number of carbonyl (C=O) groups excluding carboxylic acids is 2. The van der Waals surface area contributed by atoms with Gasteiger partial charge in [0, 0.05) is 21.3 Å². The van der Waals surface area contributed by atoms with Gasteiger partial charge in [0.15, 0.2) is 0 Å². The molecule has 5 nitrogen and oxygen atoms in total. The molecule has 1 atom stereocenters. The lowest BCUT2D eigenvalue weighted by Crippen LogP contribution is -2.46. The highest BCUT2D eigenvalue weighted by atomic mass is 35.5. The van der Waals surface area contributed by atoms with Gasteiger partial charge in [-0.3, -0.25) is 0 Å². The van der Waals surface area contributed by atoms with E-state index < -0.39 is 18.0 Å². The number of rotatable bonds is 5. The van der Waals surface area contributed by atoms with Crippen molar-refractivity contribution in [1.82, 2.24) is 10.6 Å². The number of ether oxygens (including phenoxy) is 1. The van der Waals surface area contributed by atoms with Crippen molar-refractivity contribution >= 4 is 35.2 Å². The van der Waals surface area contributed by atoms with E-state index in [0.29, 0.717) is 33.3 Å². The Kier molecular flexibility index (Phi) is 6.13. The van der Waals surface area contributed by atoms with Crippen LogP contribution in [0.2, 0.25) is 10.0 Å². The van der Waals surface area contributed by atoms with Crippen molar-refractivity contribution in [2.75, 3.05) is 0 Å². The highest BCUT2D eigenvalue weighted by Gasteiger charge is 2.35. The minimum absolute atomic E-state index is 0.284. The first-order valence-corrected chi connectivity index (χ1v) is 8.56. The Morgan fingerprint density at radius 2 is 1.92 bits per heavy atom. The summed E-state index contributed by atoms with van der Waals surface area (Å²) in [7, 11) is 0. The van der Waals surface area contributed by atoms with Crippen molar-refractivity contribution in [2.24, 2.45) is 0 Å². The summed E-state index contributed by atoms with van der Waals surface area (Å²) >= 11 is 12.6. The molecule has 0 bridgehead atoms. The fourth-order valence-electron chi connectivity index (χ4n) is 2.59. The smallest absolute Gasteiger partial charge is 0.338 e. The van der Waals surface area contributed by atoms with Crippen molar-refractivity contribution < 1.29 is 14.3 Å². The minimum Gasteiger partial charge on any atom is -0.459 e. The average Bonchev–Trinajstić information content (AvgIpc) is 2.46. The normalized spacial score (nSPS) is 17.6. The number of halogens is 2. The molecule has 1 aliphatic rings. The monoisotopic (exact) mass is 370 g/mol. The van der Waals surface area contributed by atoms with E-state index in [1.165, 1.54) is 0 Å². The van der Waals surface area contributed by atoms with E-state index in [1.54, 1.807) is 32.0 Å². The number of nitrogens with one attached hydrogen (secondary N) is 2. The van der Waals surface area contributed by atoms with Crippen LogP contribution in [-0.4, -0.2) is 18.1 Å². The molecule has 0 fully saturated rings. The van der Waals surface area contributed by atoms with Crippen LogP contribution in [0.25, 0.3) is 0 Å². The van der Waals surface area contributed by atoms with Gasteiger partial charge >= 0.3 is 12.0 Å². The zero-order valence-corrected chi connectivity index (χ0v) is 15.3. The number of allylic oxidation sites excluding steroid dienone is 1. The van der Waals surface area contributed by atoms with E-state index in [9.17, 15) is 9.59 Å². The average molecular weight is 371 g/mol. The molecule has 1 aromatic rings. The highest BCUT2D eigenvalue weighted by molar-refractivity contribution is 6.36. The molecule has 0 aliphatic carbocycles. The molecular weight excluding hydrogens is 351 g/mol. The summed E-state index contributed by atoms with van der Waals surface area (Å²) in [6.07, 6.45) is 1.01. The van der Waals surface area contributed by atoms with Crippen molar-refractivity contribution in [1.29, 1.82) is 0 Å². The third-order valence-electron chi connectivity index (χ3n) is 3.50. The fraction of sp³-hybridized carbons (Fsp3) is 0.412. The van der Waals surface area contributed by atoms with Crippen LogP contribution in [-0.2, 0) is 9.53 Å². The summed E-state index contributed by atoms with van der Waals surface area (Å²) in [5.74, 6) is -0.498. The van der Waals surface area contributed by atoms with E-state index >= 15 is 0 Å². The Balaban J connectivity index is 2.59. The second-order valence-electron chi connectivity index (χ2n) is 5.76. The van der Waals surface area contributed by atoms with Crippen LogP contribution in [0.4, 0.5) is 4.79 Å². The molecule has 2 rings (SSSR count). The van der Waals surface area contributed by atoms with Crippen LogP contribution in [0.1, 0.15) is 45.2 Å². The largest absolute Gasteiger partial charge is 0.459 e. The van der Waals surface area contributed by atoms with Gasteiger partial charge in [0.05, 0.1) is 17.7 Å². The first kappa shape index (κ1) is 18.6. The maximum Gasteiger partial charge on any atom is 0.338 e. The van der Waals surface area contributed by atoms with E-state index in [2.05, 4.69) is 10.6 Å². The summed E-state index contributed by atoms with van der Waals surface area (Å²) in [4.78, 5) is 24.7. The van der Waals surface area contributed by atoms with Gasteiger partial charge in [-0.05, 0) is 32.4 Å². The molecule has 0 radical (unpaired) electrons. The molecule has 2 amide bonds. The summed E-state index contributed by atoms with van der Waals surface area (Å²) < 4.78 is 5.36. The molecule has 7 heteroatoms. The highest BCUT2D eigenvalue weighted by Crippen LogP contribution is 2.37. The standard InChI is InChI=1S/C17H20Cl2N2O3/c1-4-6-12-14(16(22)24-9(2)3)15(21-17(23)20-12)13-10(18)7-5-8-11(13)19/h5,7-9,15H,4,6H2,1-3H3,(H2,20,21,23). The van der Waals surface area contributed by atoms with Crippen LogP contribution in [0.5, 0.6) is 0 Å². The number of carbonyl (C=O) groups is 2. The second kappa shape index (κ2) is 7.90. The van der Waals surface area contributed by atoms with Gasteiger partial charge in [0.1, 0.15) is 0 Å². The minimum atomic E-state index is -0.757. The quantitative estimate of drug-likeness (QED) is 0.756. The summed E-state index contributed by atoms with van der Waals surface area (Å²) in [5.41, 5.74) is 1.35. The Morgan fingerprint density at radius 3 is 2.46 bits per heavy atom. The molecule has 0 saturated carbocycles. The van der Waals surface area contributed by atoms with Gasteiger partial charge in [-0.25, -0.2) is 9.59 Å². The first-order chi connectivity index (χ1) is 11.3. The SMILES string of the molecule is CCCC1=C(C(=O)OC(C)C)C(c2c(Cl)cccc2Cl)NC(=O)N1. The summed E-state index contributed by atoms with van der Waals surface area (Å²) in [6, 6.07) is 3.89. The van der Waals surface area contributed by atoms with Crippen LogP contribution >= 0.6 is 23.2 Å². The van der Waals surface area contributed by atoms with Gasteiger partial charge in [0.25, 0.3) is 0 Å². The lowest BCUT2D eigenvalue weighted by atomic mass is 9.93. The molecule has 0 spiro atoms. The van der Waals surface area contributed by atoms with Gasteiger partial charge < -0.3 is 15.4 Å². The Hall–Kier alpha value is -1.72. The van der Waals surface area contributed by atoms with Crippen LogP contribution in [0, 0.1) is 0 Å². The maximum absolute atomic E-state index is 12.6. The van der Waals surface area contributed by atoms with Crippen molar-refractivity contribution in [2.45, 2.75) is 45.8 Å². The fourth-order valence-corrected chi connectivity index (χ4v) is 3.20. The number of esters is 1. The number of hydrogen-bond acceptors (Lipinski definition) is 3. The number of benzene rings is 1. The van der Waals surface area contributed by atoms with Crippen molar-refractivity contribution in [3.63, 3.8) is 0 Å². The van der Waals surface area contributed by atoms with Gasteiger partial charge in [0.2, 0.25) is 0 Å².